The largest absolute Gasteiger partial charge is 0.338 e. The first-order valence-corrected chi connectivity index (χ1v) is 12.3. The van der Waals surface area contributed by atoms with Crippen LogP contribution in [0.2, 0.25) is 5.02 Å². The van der Waals surface area contributed by atoms with Gasteiger partial charge in [-0.05, 0) is 31.5 Å². The summed E-state index contributed by atoms with van der Waals surface area (Å²) < 4.78 is 28.4. The Morgan fingerprint density at radius 2 is 1.84 bits per heavy atom. The third-order valence-electron chi connectivity index (χ3n) is 5.51. The van der Waals surface area contributed by atoms with Crippen molar-refractivity contribution in [3.63, 3.8) is 0 Å². The van der Waals surface area contributed by atoms with Gasteiger partial charge in [0.2, 0.25) is 15.9 Å². The number of piperazine rings is 1. The number of nitrogens with zero attached hydrogens (tertiary/aromatic N) is 4. The number of carbonyl (C=O) groups excluding carboxylic acids is 1. The Kier molecular flexibility index (Phi) is 5.91. The van der Waals surface area contributed by atoms with E-state index in [-0.39, 0.29) is 54.1 Å². The monoisotopic (exact) mass is 480 g/mol. The average molecular weight is 481 g/mol. The highest BCUT2D eigenvalue weighted by molar-refractivity contribution is 7.89. The van der Waals surface area contributed by atoms with Crippen LogP contribution >= 0.6 is 22.9 Å². The Bertz CT molecular complexity index is 1320. The highest BCUT2D eigenvalue weighted by Gasteiger charge is 2.31. The third kappa shape index (κ3) is 4.00. The van der Waals surface area contributed by atoms with E-state index in [2.05, 4.69) is 4.98 Å². The molecule has 1 fully saturated rings. The standard InChI is InChI=1S/C20H21ClN4O4S2/c1-13-14(2)30-19-18(13)20(27)24(12-22-19)11-17(26)23-7-9-25(10-8-23)31(28,29)16-6-4-3-5-15(16)21/h3-6,12H,7-11H2,1-2H3. The molecule has 3 aromatic rings. The topological polar surface area (TPSA) is 92.6 Å². The Morgan fingerprint density at radius 3 is 2.52 bits per heavy atom. The minimum absolute atomic E-state index is 0.0591. The summed E-state index contributed by atoms with van der Waals surface area (Å²) in [5, 5.41) is 0.718. The number of aryl methyl sites for hydroxylation is 2. The molecule has 8 nitrogen and oxygen atoms in total. The summed E-state index contributed by atoms with van der Waals surface area (Å²) in [4.78, 5) is 33.2. The van der Waals surface area contributed by atoms with Crippen molar-refractivity contribution in [1.29, 1.82) is 0 Å². The van der Waals surface area contributed by atoms with Crippen LogP contribution < -0.4 is 5.56 Å². The van der Waals surface area contributed by atoms with Crippen molar-refractivity contribution in [2.45, 2.75) is 25.3 Å². The summed E-state index contributed by atoms with van der Waals surface area (Å²) >= 11 is 7.52. The number of hydrogen-bond acceptors (Lipinski definition) is 6. The maximum absolute atomic E-state index is 12.9. The van der Waals surface area contributed by atoms with Crippen molar-refractivity contribution in [1.82, 2.24) is 18.8 Å². The molecular weight excluding hydrogens is 460 g/mol. The predicted molar refractivity (Wildman–Crippen MR) is 120 cm³/mol. The number of fused-ring (bicyclic) bond motifs is 1. The number of carbonyl (C=O) groups is 1. The average Bonchev–Trinajstić information content (AvgIpc) is 3.04. The van der Waals surface area contributed by atoms with E-state index >= 15 is 0 Å². The van der Waals surface area contributed by atoms with Gasteiger partial charge in [-0.15, -0.1) is 11.3 Å². The number of amides is 1. The predicted octanol–water partition coefficient (Wildman–Crippen LogP) is 2.26. The van der Waals surface area contributed by atoms with Crippen molar-refractivity contribution in [3.8, 4) is 0 Å². The van der Waals surface area contributed by atoms with Crippen LogP contribution in [0.15, 0.2) is 40.3 Å². The Balaban J connectivity index is 1.46. The van der Waals surface area contributed by atoms with Crippen LogP contribution in [-0.4, -0.2) is 59.3 Å². The molecule has 1 aliphatic heterocycles. The fourth-order valence-electron chi connectivity index (χ4n) is 3.60. The van der Waals surface area contributed by atoms with E-state index in [0.29, 0.717) is 10.2 Å². The molecule has 0 bridgehead atoms. The smallest absolute Gasteiger partial charge is 0.262 e. The van der Waals surface area contributed by atoms with E-state index in [1.165, 1.54) is 38.7 Å². The maximum atomic E-state index is 12.9. The Hall–Kier alpha value is -2.27. The maximum Gasteiger partial charge on any atom is 0.262 e. The molecule has 0 N–H and O–H groups in total. The molecule has 164 valence electrons. The Morgan fingerprint density at radius 1 is 1.16 bits per heavy atom. The van der Waals surface area contributed by atoms with Crippen LogP contribution in [0.3, 0.4) is 0 Å². The van der Waals surface area contributed by atoms with Gasteiger partial charge < -0.3 is 4.90 Å². The van der Waals surface area contributed by atoms with Crippen LogP contribution in [-0.2, 0) is 21.4 Å². The lowest BCUT2D eigenvalue weighted by Crippen LogP contribution is -2.51. The minimum atomic E-state index is -3.73. The quantitative estimate of drug-likeness (QED) is 0.571. The summed E-state index contributed by atoms with van der Waals surface area (Å²) in [6.07, 6.45) is 1.40. The zero-order chi connectivity index (χ0) is 22.3. The van der Waals surface area contributed by atoms with Gasteiger partial charge in [0.25, 0.3) is 5.56 Å². The molecule has 2 aromatic heterocycles. The highest BCUT2D eigenvalue weighted by atomic mass is 35.5. The van der Waals surface area contributed by atoms with Crippen molar-refractivity contribution in [3.05, 3.63) is 56.4 Å². The summed E-state index contributed by atoms with van der Waals surface area (Å²) in [6, 6.07) is 6.30. The van der Waals surface area contributed by atoms with Crippen LogP contribution in [0.4, 0.5) is 0 Å². The highest BCUT2D eigenvalue weighted by Crippen LogP contribution is 2.26. The zero-order valence-corrected chi connectivity index (χ0v) is 19.4. The second-order valence-electron chi connectivity index (χ2n) is 7.36. The van der Waals surface area contributed by atoms with Gasteiger partial charge in [0, 0.05) is 31.1 Å². The molecule has 1 aliphatic rings. The molecule has 1 aromatic carbocycles. The van der Waals surface area contributed by atoms with Gasteiger partial charge in [0.05, 0.1) is 16.7 Å². The molecule has 11 heteroatoms. The first-order valence-electron chi connectivity index (χ1n) is 9.67. The molecule has 0 saturated carbocycles. The summed E-state index contributed by atoms with van der Waals surface area (Å²) in [5.41, 5.74) is 0.651. The number of rotatable bonds is 4. The summed E-state index contributed by atoms with van der Waals surface area (Å²) in [5.74, 6) is -0.248. The van der Waals surface area contributed by atoms with E-state index in [0.717, 1.165) is 10.4 Å². The summed E-state index contributed by atoms with van der Waals surface area (Å²) in [7, 11) is -3.73. The molecule has 0 atom stereocenters. The van der Waals surface area contributed by atoms with E-state index in [1.54, 1.807) is 17.0 Å². The van der Waals surface area contributed by atoms with E-state index in [4.69, 9.17) is 11.6 Å². The number of sulfonamides is 1. The van der Waals surface area contributed by atoms with Crippen LogP contribution in [0, 0.1) is 13.8 Å². The molecule has 0 radical (unpaired) electrons. The molecule has 0 unspecified atom stereocenters. The first-order chi connectivity index (χ1) is 14.7. The molecule has 1 amide bonds. The number of aromatic nitrogens is 2. The van der Waals surface area contributed by atoms with Gasteiger partial charge in [0.15, 0.2) is 0 Å². The van der Waals surface area contributed by atoms with Crippen molar-refractivity contribution < 1.29 is 13.2 Å². The number of hydrogen-bond donors (Lipinski definition) is 0. The molecule has 1 saturated heterocycles. The van der Waals surface area contributed by atoms with Crippen molar-refractivity contribution in [2.24, 2.45) is 0 Å². The lowest BCUT2D eigenvalue weighted by molar-refractivity contribution is -0.133. The van der Waals surface area contributed by atoms with E-state index in [1.807, 2.05) is 13.8 Å². The zero-order valence-electron chi connectivity index (χ0n) is 17.0. The SMILES string of the molecule is Cc1sc2ncn(CC(=O)N3CCN(S(=O)(=O)c4ccccc4Cl)CC3)c(=O)c2c1C. The fourth-order valence-corrected chi connectivity index (χ4v) is 6.50. The number of thiophene rings is 1. The lowest BCUT2D eigenvalue weighted by Gasteiger charge is -2.34. The molecular formula is C20H21ClN4O4S2. The van der Waals surface area contributed by atoms with Crippen molar-refractivity contribution in [2.75, 3.05) is 26.2 Å². The Labute approximate surface area is 188 Å². The second kappa shape index (κ2) is 8.34. The van der Waals surface area contributed by atoms with Crippen LogP contribution in [0.5, 0.6) is 0 Å². The third-order valence-corrected chi connectivity index (χ3v) is 9.02. The van der Waals surface area contributed by atoms with Gasteiger partial charge in [-0.2, -0.15) is 4.31 Å². The minimum Gasteiger partial charge on any atom is -0.338 e. The lowest BCUT2D eigenvalue weighted by atomic mass is 10.2. The molecule has 0 aliphatic carbocycles. The number of halogens is 1. The summed E-state index contributed by atoms with van der Waals surface area (Å²) in [6.45, 7) is 4.48. The van der Waals surface area contributed by atoms with Gasteiger partial charge in [-0.3, -0.25) is 14.2 Å². The first kappa shape index (κ1) is 21.9. The van der Waals surface area contributed by atoms with Crippen molar-refractivity contribution >= 4 is 49.1 Å². The van der Waals surface area contributed by atoms with Gasteiger partial charge in [-0.25, -0.2) is 13.4 Å². The van der Waals surface area contributed by atoms with Gasteiger partial charge in [0.1, 0.15) is 16.3 Å². The fraction of sp³-hybridized carbons (Fsp3) is 0.350. The second-order valence-corrected chi connectivity index (χ2v) is 10.9. The van der Waals surface area contributed by atoms with E-state index < -0.39 is 10.0 Å². The van der Waals surface area contributed by atoms with Gasteiger partial charge in [-0.1, -0.05) is 23.7 Å². The molecule has 31 heavy (non-hydrogen) atoms. The molecule has 4 rings (SSSR count). The molecule has 0 spiro atoms. The molecule has 3 heterocycles. The number of benzene rings is 1. The van der Waals surface area contributed by atoms with E-state index in [9.17, 15) is 18.0 Å². The van der Waals surface area contributed by atoms with Gasteiger partial charge >= 0.3 is 0 Å². The normalized spacial score (nSPS) is 15.5. The van der Waals surface area contributed by atoms with Crippen LogP contribution in [0.1, 0.15) is 10.4 Å². The van der Waals surface area contributed by atoms with Crippen LogP contribution in [0.25, 0.3) is 10.2 Å².